The predicted molar refractivity (Wildman–Crippen MR) is 119 cm³/mol. The molecule has 31 heavy (non-hydrogen) atoms. The highest BCUT2D eigenvalue weighted by Gasteiger charge is 2.47. The van der Waals surface area contributed by atoms with Gasteiger partial charge in [-0.25, -0.2) is 4.79 Å². The molecular weight excluding hydrogens is 398 g/mol. The maximum Gasteiger partial charge on any atom is 0.411 e. The van der Waals surface area contributed by atoms with Gasteiger partial charge in [-0.15, -0.1) is 0 Å². The fourth-order valence-electron chi connectivity index (χ4n) is 4.04. The largest absolute Gasteiger partial charge is 0.493 e. The Morgan fingerprint density at radius 1 is 1.19 bits per heavy atom. The number of hydrogen-bond acceptors (Lipinski definition) is 6. The van der Waals surface area contributed by atoms with Gasteiger partial charge in [0, 0.05) is 20.1 Å². The molecule has 1 aliphatic heterocycles. The van der Waals surface area contributed by atoms with E-state index in [0.717, 1.165) is 18.3 Å². The van der Waals surface area contributed by atoms with Gasteiger partial charge < -0.3 is 23.7 Å². The highest BCUT2D eigenvalue weighted by molar-refractivity contribution is 5.75. The summed E-state index contributed by atoms with van der Waals surface area (Å²) in [4.78, 5) is 26.6. The van der Waals surface area contributed by atoms with Gasteiger partial charge in [-0.1, -0.05) is 19.9 Å². The van der Waals surface area contributed by atoms with Crippen LogP contribution in [0.4, 0.5) is 4.79 Å². The van der Waals surface area contributed by atoms with E-state index in [2.05, 4.69) is 13.8 Å². The molecule has 2 rings (SSSR count). The van der Waals surface area contributed by atoms with Crippen LogP contribution in [0.1, 0.15) is 59.1 Å². The minimum absolute atomic E-state index is 0.109. The van der Waals surface area contributed by atoms with Crippen LogP contribution in [0.15, 0.2) is 18.2 Å². The summed E-state index contributed by atoms with van der Waals surface area (Å²) in [6, 6.07) is 4.87. The Morgan fingerprint density at radius 2 is 1.90 bits per heavy atom. The molecule has 1 aromatic rings. The first-order valence-electron chi connectivity index (χ1n) is 10.9. The summed E-state index contributed by atoms with van der Waals surface area (Å²) in [7, 11) is 3.25. The van der Waals surface area contributed by atoms with Gasteiger partial charge in [0.05, 0.1) is 25.8 Å². The molecule has 1 fully saturated rings. The van der Waals surface area contributed by atoms with Gasteiger partial charge in [-0.3, -0.25) is 4.90 Å². The average molecular weight is 436 g/mol. The third kappa shape index (κ3) is 6.35. The predicted octanol–water partition coefficient (Wildman–Crippen LogP) is 4.63. The third-order valence-corrected chi connectivity index (χ3v) is 5.47. The number of likely N-dealkylation sites (tertiary alicyclic amines) is 1. The molecule has 0 saturated carbocycles. The van der Waals surface area contributed by atoms with E-state index in [1.807, 2.05) is 39.0 Å². The Balaban J connectivity index is 2.43. The van der Waals surface area contributed by atoms with E-state index in [-0.39, 0.29) is 17.9 Å². The molecule has 1 heterocycles. The first-order valence-corrected chi connectivity index (χ1v) is 10.9. The quantitative estimate of drug-likeness (QED) is 0.416. The Labute approximate surface area is 186 Å². The first-order chi connectivity index (χ1) is 14.6. The van der Waals surface area contributed by atoms with E-state index >= 15 is 0 Å². The maximum atomic E-state index is 13.1. The number of carbonyl (C=O) groups is 2. The Hall–Kier alpha value is -2.28. The Morgan fingerprint density at radius 3 is 2.45 bits per heavy atom. The van der Waals surface area contributed by atoms with Crippen LogP contribution in [0, 0.1) is 11.8 Å². The topological polar surface area (TPSA) is 74.3 Å². The number of nitrogens with zero attached hydrogens (tertiary/aromatic N) is 1. The van der Waals surface area contributed by atoms with Gasteiger partial charge >= 0.3 is 6.09 Å². The standard InChI is InChI=1S/C24H37NO6/c1-16(2)19-14-18(15-26)25(23(27)31-24(3,4)5)22(19)17-9-10-20(29-7)21(13-17)30-12-8-11-28-6/h9-10,13,15-16,18-19,22H,8,11-12,14H2,1-7H3. The molecule has 0 aliphatic carbocycles. The molecule has 0 spiro atoms. The number of rotatable bonds is 9. The van der Waals surface area contributed by atoms with Gasteiger partial charge in [-0.2, -0.15) is 0 Å². The molecule has 174 valence electrons. The molecule has 0 bridgehead atoms. The second-order valence-corrected chi connectivity index (χ2v) is 9.28. The van der Waals surface area contributed by atoms with E-state index < -0.39 is 17.7 Å². The summed E-state index contributed by atoms with van der Waals surface area (Å²) in [6.07, 6.45) is 1.72. The lowest BCUT2D eigenvalue weighted by molar-refractivity contribution is -0.112. The summed E-state index contributed by atoms with van der Waals surface area (Å²) in [5, 5.41) is 0. The Bertz CT molecular complexity index is 742. The van der Waals surface area contributed by atoms with Gasteiger partial charge in [0.25, 0.3) is 0 Å². The van der Waals surface area contributed by atoms with Gasteiger partial charge in [0.2, 0.25) is 0 Å². The van der Waals surface area contributed by atoms with Crippen LogP contribution in [0.2, 0.25) is 0 Å². The number of methoxy groups -OCH3 is 2. The van der Waals surface area contributed by atoms with E-state index in [1.165, 1.54) is 0 Å². The van der Waals surface area contributed by atoms with Crippen LogP contribution in [-0.2, 0) is 14.3 Å². The van der Waals surface area contributed by atoms with E-state index in [1.54, 1.807) is 19.1 Å². The molecule has 1 aliphatic rings. The summed E-state index contributed by atoms with van der Waals surface area (Å²) in [5.74, 6) is 1.61. The smallest absolute Gasteiger partial charge is 0.411 e. The Kier molecular flexibility index (Phi) is 8.74. The van der Waals surface area contributed by atoms with E-state index in [9.17, 15) is 9.59 Å². The first kappa shape index (κ1) is 25.0. The molecule has 1 amide bonds. The molecule has 1 aromatic carbocycles. The average Bonchev–Trinajstić information content (AvgIpc) is 3.10. The second-order valence-electron chi connectivity index (χ2n) is 9.28. The highest BCUT2D eigenvalue weighted by Crippen LogP contribution is 2.46. The van der Waals surface area contributed by atoms with Crippen molar-refractivity contribution in [1.82, 2.24) is 4.90 Å². The number of benzene rings is 1. The molecular formula is C24H37NO6. The highest BCUT2D eigenvalue weighted by atomic mass is 16.6. The third-order valence-electron chi connectivity index (χ3n) is 5.47. The van der Waals surface area contributed by atoms with Crippen molar-refractivity contribution in [2.24, 2.45) is 11.8 Å². The van der Waals surface area contributed by atoms with Crippen molar-refractivity contribution in [3.8, 4) is 11.5 Å². The van der Waals surface area contributed by atoms with Crippen molar-refractivity contribution >= 4 is 12.4 Å². The fourth-order valence-corrected chi connectivity index (χ4v) is 4.04. The fraction of sp³-hybridized carbons (Fsp3) is 0.667. The van der Waals surface area contributed by atoms with E-state index in [4.69, 9.17) is 18.9 Å². The number of amides is 1. The molecule has 1 saturated heterocycles. The number of ether oxygens (including phenoxy) is 4. The van der Waals surface area contributed by atoms with Crippen molar-refractivity contribution in [3.05, 3.63) is 23.8 Å². The van der Waals surface area contributed by atoms with Crippen LogP contribution < -0.4 is 9.47 Å². The molecule has 0 radical (unpaired) electrons. The minimum Gasteiger partial charge on any atom is -0.493 e. The maximum absolute atomic E-state index is 13.1. The lowest BCUT2D eigenvalue weighted by Gasteiger charge is -2.33. The van der Waals surface area contributed by atoms with Crippen molar-refractivity contribution in [1.29, 1.82) is 0 Å². The molecule has 3 atom stereocenters. The number of hydrogen-bond donors (Lipinski definition) is 0. The summed E-state index contributed by atoms with van der Waals surface area (Å²) in [5.41, 5.74) is 0.247. The number of aldehydes is 1. The SMILES string of the molecule is COCCCOc1cc(C2C(C(C)C)CC(C=O)N2C(=O)OC(C)(C)C)ccc1OC. The molecule has 7 heteroatoms. The van der Waals surface area contributed by atoms with Crippen LogP contribution in [0.3, 0.4) is 0 Å². The monoisotopic (exact) mass is 435 g/mol. The molecule has 0 aromatic heterocycles. The normalized spacial score (nSPS) is 21.3. The van der Waals surface area contributed by atoms with Gasteiger partial charge in [-0.05, 0) is 56.7 Å². The molecule has 0 N–H and O–H groups in total. The molecule has 7 nitrogen and oxygen atoms in total. The van der Waals surface area contributed by atoms with Crippen LogP contribution in [-0.4, -0.2) is 56.4 Å². The van der Waals surface area contributed by atoms with Gasteiger partial charge in [0.15, 0.2) is 11.5 Å². The second kappa shape index (κ2) is 10.8. The van der Waals surface area contributed by atoms with Crippen molar-refractivity contribution in [2.45, 2.75) is 65.1 Å². The lowest BCUT2D eigenvalue weighted by Crippen LogP contribution is -2.42. The summed E-state index contributed by atoms with van der Waals surface area (Å²) in [6.45, 7) is 10.8. The van der Waals surface area contributed by atoms with E-state index in [0.29, 0.717) is 31.1 Å². The lowest BCUT2D eigenvalue weighted by atomic mass is 9.84. The van der Waals surface area contributed by atoms with Crippen molar-refractivity contribution in [3.63, 3.8) is 0 Å². The van der Waals surface area contributed by atoms with Crippen LogP contribution in [0.25, 0.3) is 0 Å². The van der Waals surface area contributed by atoms with Crippen molar-refractivity contribution < 1.29 is 28.5 Å². The van der Waals surface area contributed by atoms with Crippen molar-refractivity contribution in [2.75, 3.05) is 27.4 Å². The zero-order chi connectivity index (χ0) is 23.2. The summed E-state index contributed by atoms with van der Waals surface area (Å²) < 4.78 is 22.1. The number of carbonyl (C=O) groups excluding carboxylic acids is 2. The van der Waals surface area contributed by atoms with Crippen LogP contribution >= 0.6 is 0 Å². The van der Waals surface area contributed by atoms with Gasteiger partial charge in [0.1, 0.15) is 11.9 Å². The molecule has 3 unspecified atom stereocenters. The minimum atomic E-state index is -0.652. The zero-order valence-electron chi connectivity index (χ0n) is 19.8. The zero-order valence-corrected chi connectivity index (χ0v) is 19.8. The summed E-state index contributed by atoms with van der Waals surface area (Å²) >= 11 is 0. The van der Waals surface area contributed by atoms with Crippen LogP contribution in [0.5, 0.6) is 11.5 Å².